The van der Waals surface area contributed by atoms with Crippen LogP contribution in [-0.2, 0) is 11.3 Å². The Hall–Kier alpha value is -3.38. The van der Waals surface area contributed by atoms with E-state index in [1.54, 1.807) is 17.0 Å². The van der Waals surface area contributed by atoms with Gasteiger partial charge in [-0.1, -0.05) is 96.2 Å². The molecule has 1 aromatic heterocycles. The monoisotopic (exact) mass is 510 g/mol. The fraction of sp³-hybridized carbons (Fsp3) is 0.0345. The Labute approximate surface area is 217 Å². The number of carbonyl (C=O) groups is 1. The summed E-state index contributed by atoms with van der Waals surface area (Å²) in [5, 5.41) is 4.20. The number of benzene rings is 4. The molecule has 0 N–H and O–H groups in total. The molecule has 1 aliphatic rings. The van der Waals surface area contributed by atoms with Gasteiger partial charge in [-0.15, -0.1) is 0 Å². The van der Waals surface area contributed by atoms with E-state index in [0.717, 1.165) is 28.7 Å². The summed E-state index contributed by atoms with van der Waals surface area (Å²) in [4.78, 5) is 15.5. The van der Waals surface area contributed by atoms with Gasteiger partial charge in [0.1, 0.15) is 0 Å². The number of halogens is 1. The average Bonchev–Trinajstić information content (AvgIpc) is 3.36. The van der Waals surface area contributed by atoms with Gasteiger partial charge in [-0.25, -0.2) is 0 Å². The standard InChI is InChI=1S/C29H19ClN2OS2/c30-22-12-14-23(15-13-22)32-28(33)27(35-29(32)34)16-21-18-31(26-11-4-3-10-25(21)26)17-20-8-5-7-19-6-1-2-9-24(19)20/h1-16,18H,17H2/b27-16+. The number of hydrogen-bond acceptors (Lipinski definition) is 3. The van der Waals surface area contributed by atoms with Crippen LogP contribution in [0.1, 0.15) is 11.1 Å². The molecule has 6 heteroatoms. The van der Waals surface area contributed by atoms with Gasteiger partial charge in [-0.3, -0.25) is 9.69 Å². The third-order valence-corrected chi connectivity index (χ3v) is 7.76. The van der Waals surface area contributed by atoms with Crippen molar-refractivity contribution in [1.82, 2.24) is 4.57 Å². The molecule has 1 aliphatic heterocycles. The van der Waals surface area contributed by atoms with Gasteiger partial charge in [-0.05, 0) is 52.7 Å². The summed E-state index contributed by atoms with van der Waals surface area (Å²) < 4.78 is 2.77. The number of rotatable bonds is 4. The van der Waals surface area contributed by atoms with Gasteiger partial charge in [0.05, 0.1) is 10.6 Å². The number of thioether (sulfide) groups is 1. The van der Waals surface area contributed by atoms with E-state index in [0.29, 0.717) is 14.2 Å². The van der Waals surface area contributed by atoms with Crippen molar-refractivity contribution in [3.63, 3.8) is 0 Å². The lowest BCUT2D eigenvalue weighted by atomic mass is 10.0. The zero-order chi connectivity index (χ0) is 23.9. The van der Waals surface area contributed by atoms with Crippen LogP contribution >= 0.6 is 35.6 Å². The Morgan fingerprint density at radius 1 is 0.857 bits per heavy atom. The first-order valence-electron chi connectivity index (χ1n) is 11.2. The number of anilines is 1. The number of fused-ring (bicyclic) bond motifs is 2. The van der Waals surface area contributed by atoms with Crippen molar-refractivity contribution < 1.29 is 4.79 Å². The largest absolute Gasteiger partial charge is 0.342 e. The summed E-state index contributed by atoms with van der Waals surface area (Å²) in [7, 11) is 0. The summed E-state index contributed by atoms with van der Waals surface area (Å²) in [5.74, 6) is -0.117. The Balaban J connectivity index is 1.39. The second-order valence-electron chi connectivity index (χ2n) is 8.36. The minimum atomic E-state index is -0.117. The second kappa shape index (κ2) is 9.00. The first kappa shape index (κ1) is 22.1. The van der Waals surface area contributed by atoms with E-state index in [9.17, 15) is 4.79 Å². The first-order chi connectivity index (χ1) is 17.1. The maximum Gasteiger partial charge on any atom is 0.270 e. The predicted molar refractivity (Wildman–Crippen MR) is 152 cm³/mol. The molecule has 0 radical (unpaired) electrons. The number of nitrogens with zero attached hydrogens (tertiary/aromatic N) is 2. The molecule has 0 spiro atoms. The van der Waals surface area contributed by atoms with E-state index in [2.05, 4.69) is 65.4 Å². The van der Waals surface area contributed by atoms with Crippen molar-refractivity contribution in [2.45, 2.75) is 6.54 Å². The van der Waals surface area contributed by atoms with Crippen LogP contribution in [0.15, 0.2) is 102 Å². The molecular formula is C29H19ClN2OS2. The van der Waals surface area contributed by atoms with E-state index >= 15 is 0 Å². The van der Waals surface area contributed by atoms with E-state index in [4.69, 9.17) is 23.8 Å². The normalized spacial score (nSPS) is 15.1. The molecule has 1 saturated heterocycles. The van der Waals surface area contributed by atoms with Crippen LogP contribution in [0.2, 0.25) is 5.02 Å². The summed E-state index contributed by atoms with van der Waals surface area (Å²) in [5.41, 5.74) is 4.10. The van der Waals surface area contributed by atoms with E-state index in [1.807, 2.05) is 30.3 Å². The molecule has 0 atom stereocenters. The van der Waals surface area contributed by atoms with Crippen molar-refractivity contribution in [1.29, 1.82) is 0 Å². The SMILES string of the molecule is O=C1/C(=C\c2cn(Cc3cccc4ccccc34)c3ccccc23)SC(=S)N1c1ccc(Cl)cc1. The lowest BCUT2D eigenvalue weighted by Gasteiger charge is -2.14. The van der Waals surface area contributed by atoms with Gasteiger partial charge in [0, 0.05) is 34.2 Å². The summed E-state index contributed by atoms with van der Waals surface area (Å²) in [6.45, 7) is 0.738. The molecule has 0 bridgehead atoms. The van der Waals surface area contributed by atoms with Crippen LogP contribution in [0.5, 0.6) is 0 Å². The fourth-order valence-electron chi connectivity index (χ4n) is 4.56. The van der Waals surface area contributed by atoms with Crippen LogP contribution in [0.25, 0.3) is 27.8 Å². The van der Waals surface area contributed by atoms with Gasteiger partial charge >= 0.3 is 0 Å². The molecule has 170 valence electrons. The van der Waals surface area contributed by atoms with Gasteiger partial charge in [0.25, 0.3) is 5.91 Å². The van der Waals surface area contributed by atoms with Crippen molar-refractivity contribution in [3.8, 4) is 0 Å². The van der Waals surface area contributed by atoms with Crippen LogP contribution in [0.4, 0.5) is 5.69 Å². The molecule has 0 unspecified atom stereocenters. The highest BCUT2D eigenvalue weighted by atomic mass is 35.5. The molecule has 6 rings (SSSR count). The highest BCUT2D eigenvalue weighted by Crippen LogP contribution is 2.37. The van der Waals surface area contributed by atoms with E-state index in [1.165, 1.54) is 28.1 Å². The Kier molecular flexibility index (Phi) is 5.69. The molecule has 4 aromatic carbocycles. The lowest BCUT2D eigenvalue weighted by Crippen LogP contribution is -2.27. The van der Waals surface area contributed by atoms with Crippen molar-refractivity contribution in [2.75, 3.05) is 4.90 Å². The minimum absolute atomic E-state index is 0.117. The maximum atomic E-state index is 13.3. The molecule has 1 fully saturated rings. The van der Waals surface area contributed by atoms with E-state index < -0.39 is 0 Å². The topological polar surface area (TPSA) is 25.2 Å². The zero-order valence-corrected chi connectivity index (χ0v) is 20.9. The number of aromatic nitrogens is 1. The number of para-hydroxylation sites is 1. The molecular weight excluding hydrogens is 492 g/mol. The zero-order valence-electron chi connectivity index (χ0n) is 18.5. The van der Waals surface area contributed by atoms with Crippen LogP contribution < -0.4 is 4.90 Å². The predicted octanol–water partition coefficient (Wildman–Crippen LogP) is 7.90. The van der Waals surface area contributed by atoms with Crippen LogP contribution in [-0.4, -0.2) is 14.8 Å². The lowest BCUT2D eigenvalue weighted by molar-refractivity contribution is -0.113. The van der Waals surface area contributed by atoms with Gasteiger partial charge < -0.3 is 4.57 Å². The molecule has 1 amide bonds. The molecule has 5 aromatic rings. The third kappa shape index (κ3) is 4.06. The first-order valence-corrected chi connectivity index (χ1v) is 12.8. The number of hydrogen-bond donors (Lipinski definition) is 0. The minimum Gasteiger partial charge on any atom is -0.342 e. The molecule has 2 heterocycles. The summed E-state index contributed by atoms with van der Waals surface area (Å²) in [6, 6.07) is 30.3. The number of carbonyl (C=O) groups excluding carboxylic acids is 1. The van der Waals surface area contributed by atoms with Crippen LogP contribution in [0.3, 0.4) is 0 Å². The van der Waals surface area contributed by atoms with E-state index in [-0.39, 0.29) is 5.91 Å². The highest BCUT2D eigenvalue weighted by molar-refractivity contribution is 8.27. The molecule has 0 saturated carbocycles. The molecule has 35 heavy (non-hydrogen) atoms. The van der Waals surface area contributed by atoms with Crippen molar-refractivity contribution >= 4 is 79.2 Å². The average molecular weight is 511 g/mol. The van der Waals surface area contributed by atoms with Gasteiger partial charge in [-0.2, -0.15) is 0 Å². The number of amides is 1. The summed E-state index contributed by atoms with van der Waals surface area (Å²) in [6.07, 6.45) is 4.08. The Morgan fingerprint density at radius 3 is 2.40 bits per heavy atom. The van der Waals surface area contributed by atoms with Crippen LogP contribution in [0, 0.1) is 0 Å². The number of thiocarbonyl (C=S) groups is 1. The van der Waals surface area contributed by atoms with Crippen molar-refractivity contribution in [3.05, 3.63) is 118 Å². The van der Waals surface area contributed by atoms with Gasteiger partial charge in [0.15, 0.2) is 4.32 Å². The molecule has 3 nitrogen and oxygen atoms in total. The Bertz CT molecular complexity index is 1650. The Morgan fingerprint density at radius 2 is 1.57 bits per heavy atom. The third-order valence-electron chi connectivity index (χ3n) is 6.21. The second-order valence-corrected chi connectivity index (χ2v) is 10.5. The smallest absolute Gasteiger partial charge is 0.270 e. The maximum absolute atomic E-state index is 13.3. The van der Waals surface area contributed by atoms with Gasteiger partial charge in [0.2, 0.25) is 0 Å². The van der Waals surface area contributed by atoms with Crippen molar-refractivity contribution in [2.24, 2.45) is 0 Å². The summed E-state index contributed by atoms with van der Waals surface area (Å²) >= 11 is 12.9. The molecule has 0 aliphatic carbocycles. The highest BCUT2D eigenvalue weighted by Gasteiger charge is 2.33. The quantitative estimate of drug-likeness (QED) is 0.181. The fourth-order valence-corrected chi connectivity index (χ4v) is 5.97.